The van der Waals surface area contributed by atoms with Gasteiger partial charge in [0.05, 0.1) is 11.8 Å². The maximum atomic E-state index is 13.7. The summed E-state index contributed by atoms with van der Waals surface area (Å²) in [5.41, 5.74) is 0.496. The third-order valence-electron chi connectivity index (χ3n) is 3.22. The monoisotopic (exact) mass is 254 g/mol. The first-order valence-corrected chi connectivity index (χ1v) is 6.38. The van der Waals surface area contributed by atoms with E-state index in [2.05, 4.69) is 10.3 Å². The highest BCUT2D eigenvalue weighted by molar-refractivity contribution is 5.17. The number of halogens is 1. The van der Waals surface area contributed by atoms with Crippen LogP contribution in [0.5, 0.6) is 0 Å². The molecule has 0 aromatic carbocycles. The van der Waals surface area contributed by atoms with E-state index < -0.39 is 0 Å². The molecule has 1 rings (SSSR count). The van der Waals surface area contributed by atoms with Crippen LogP contribution in [0.1, 0.15) is 45.2 Å². The van der Waals surface area contributed by atoms with Crippen molar-refractivity contribution in [3.8, 4) is 0 Å². The normalized spacial score (nSPS) is 13.6. The lowest BCUT2D eigenvalue weighted by Gasteiger charge is -2.26. The Morgan fingerprint density at radius 3 is 2.78 bits per heavy atom. The molecule has 1 aromatic rings. The van der Waals surface area contributed by atoms with E-state index in [-0.39, 0.29) is 17.5 Å². The van der Waals surface area contributed by atoms with Crippen molar-refractivity contribution in [2.45, 2.75) is 45.3 Å². The van der Waals surface area contributed by atoms with Gasteiger partial charge in [0.15, 0.2) is 0 Å². The first kappa shape index (κ1) is 15.1. The van der Waals surface area contributed by atoms with Crippen molar-refractivity contribution in [2.24, 2.45) is 0 Å². The van der Waals surface area contributed by atoms with Crippen LogP contribution in [-0.2, 0) is 4.74 Å². The molecule has 1 N–H and O–H groups in total. The third-order valence-corrected chi connectivity index (χ3v) is 3.22. The van der Waals surface area contributed by atoms with Crippen LogP contribution in [0.25, 0.3) is 0 Å². The average Bonchev–Trinajstić information content (AvgIpc) is 2.35. The molecule has 0 amide bonds. The Hall–Kier alpha value is -1.00. The maximum absolute atomic E-state index is 13.7. The lowest BCUT2D eigenvalue weighted by atomic mass is 9.95. The Kier molecular flexibility index (Phi) is 5.69. The van der Waals surface area contributed by atoms with Gasteiger partial charge >= 0.3 is 0 Å². The number of ether oxygens (including phenoxy) is 1. The van der Waals surface area contributed by atoms with E-state index >= 15 is 0 Å². The molecule has 18 heavy (non-hydrogen) atoms. The Labute approximate surface area is 109 Å². The number of rotatable bonds is 7. The van der Waals surface area contributed by atoms with Crippen LogP contribution in [0.3, 0.4) is 0 Å². The lowest BCUT2D eigenvalue weighted by Crippen LogP contribution is -2.27. The summed E-state index contributed by atoms with van der Waals surface area (Å²) >= 11 is 0. The predicted octanol–water partition coefficient (Wildman–Crippen LogP) is 3.08. The van der Waals surface area contributed by atoms with Crippen LogP contribution in [-0.4, -0.2) is 24.2 Å². The third kappa shape index (κ3) is 4.35. The van der Waals surface area contributed by atoms with Gasteiger partial charge in [0.25, 0.3) is 0 Å². The number of hydrogen-bond donors (Lipinski definition) is 1. The molecule has 0 spiro atoms. The fourth-order valence-corrected chi connectivity index (χ4v) is 1.88. The zero-order valence-electron chi connectivity index (χ0n) is 11.7. The number of pyridine rings is 1. The molecule has 0 radical (unpaired) electrons. The van der Waals surface area contributed by atoms with Crippen LogP contribution in [0.4, 0.5) is 4.39 Å². The summed E-state index contributed by atoms with van der Waals surface area (Å²) in [6.07, 6.45) is 4.59. The second kappa shape index (κ2) is 6.81. The summed E-state index contributed by atoms with van der Waals surface area (Å²) in [6.45, 7) is 6.91. The molecule has 0 aliphatic heterocycles. The Bertz CT molecular complexity index is 369. The van der Waals surface area contributed by atoms with Gasteiger partial charge in [-0.3, -0.25) is 4.98 Å². The summed E-state index contributed by atoms with van der Waals surface area (Å²) in [6, 6.07) is 1.75. The van der Waals surface area contributed by atoms with Crippen molar-refractivity contribution >= 4 is 0 Å². The predicted molar refractivity (Wildman–Crippen MR) is 70.9 cm³/mol. The van der Waals surface area contributed by atoms with E-state index in [1.54, 1.807) is 19.4 Å². The van der Waals surface area contributed by atoms with E-state index in [4.69, 9.17) is 4.74 Å². The van der Waals surface area contributed by atoms with E-state index in [9.17, 15) is 4.39 Å². The van der Waals surface area contributed by atoms with Gasteiger partial charge in [-0.15, -0.1) is 0 Å². The molecule has 0 bridgehead atoms. The molecule has 0 saturated carbocycles. The van der Waals surface area contributed by atoms with Crippen molar-refractivity contribution in [1.82, 2.24) is 10.3 Å². The molecular weight excluding hydrogens is 231 g/mol. The van der Waals surface area contributed by atoms with Gasteiger partial charge in [0.1, 0.15) is 5.82 Å². The number of aromatic nitrogens is 1. The van der Waals surface area contributed by atoms with Crippen LogP contribution < -0.4 is 5.32 Å². The van der Waals surface area contributed by atoms with Crippen molar-refractivity contribution in [2.75, 3.05) is 13.7 Å². The fraction of sp³-hybridized carbons (Fsp3) is 0.643. The summed E-state index contributed by atoms with van der Waals surface area (Å²) in [5, 5.41) is 3.31. The molecule has 1 heterocycles. The minimum Gasteiger partial charge on any atom is -0.379 e. The van der Waals surface area contributed by atoms with Gasteiger partial charge < -0.3 is 10.1 Å². The summed E-state index contributed by atoms with van der Waals surface area (Å²) in [7, 11) is 1.70. The lowest BCUT2D eigenvalue weighted by molar-refractivity contribution is 0.0116. The van der Waals surface area contributed by atoms with Crippen LogP contribution in [0, 0.1) is 5.82 Å². The molecule has 0 aliphatic rings. The van der Waals surface area contributed by atoms with Crippen molar-refractivity contribution < 1.29 is 9.13 Å². The number of methoxy groups -OCH3 is 1. The molecule has 0 fully saturated rings. The summed E-state index contributed by atoms with van der Waals surface area (Å²) in [5.74, 6) is -0.251. The molecule has 0 aliphatic carbocycles. The van der Waals surface area contributed by atoms with Gasteiger partial charge in [-0.1, -0.05) is 6.92 Å². The van der Waals surface area contributed by atoms with E-state index in [1.807, 2.05) is 20.8 Å². The molecule has 1 atom stereocenters. The highest BCUT2D eigenvalue weighted by Crippen LogP contribution is 2.25. The Balaban J connectivity index is 2.75. The highest BCUT2D eigenvalue weighted by atomic mass is 19.1. The van der Waals surface area contributed by atoms with E-state index in [1.165, 1.54) is 6.20 Å². The second-order valence-electron chi connectivity index (χ2n) is 5.01. The molecule has 1 unspecified atom stereocenters. The van der Waals surface area contributed by atoms with E-state index in [0.717, 1.165) is 19.4 Å². The average molecular weight is 254 g/mol. The molecule has 1 aromatic heterocycles. The summed E-state index contributed by atoms with van der Waals surface area (Å²) < 4.78 is 19.1. The van der Waals surface area contributed by atoms with Gasteiger partial charge in [-0.05, 0) is 39.3 Å². The van der Waals surface area contributed by atoms with Crippen LogP contribution in [0.2, 0.25) is 0 Å². The highest BCUT2D eigenvalue weighted by Gasteiger charge is 2.21. The number of hydrogen-bond acceptors (Lipinski definition) is 3. The summed E-state index contributed by atoms with van der Waals surface area (Å²) in [4.78, 5) is 3.79. The van der Waals surface area contributed by atoms with Gasteiger partial charge in [-0.25, -0.2) is 4.39 Å². The molecule has 102 valence electrons. The zero-order chi connectivity index (χ0) is 13.6. The standard InChI is InChI=1S/C14H23FN2O/c1-5-17-13(6-8-14(2,3)18-4)11-7-9-16-10-12(11)15/h7,9-10,13,17H,5-6,8H2,1-4H3. The van der Waals surface area contributed by atoms with Gasteiger partial charge in [0, 0.05) is 24.9 Å². The van der Waals surface area contributed by atoms with Gasteiger partial charge in [0.2, 0.25) is 0 Å². The SMILES string of the molecule is CCNC(CCC(C)(C)OC)c1ccncc1F. The smallest absolute Gasteiger partial charge is 0.146 e. The first-order chi connectivity index (χ1) is 8.50. The second-order valence-corrected chi connectivity index (χ2v) is 5.01. The van der Waals surface area contributed by atoms with Crippen molar-refractivity contribution in [1.29, 1.82) is 0 Å². The van der Waals surface area contributed by atoms with Crippen molar-refractivity contribution in [3.05, 3.63) is 29.8 Å². The molecular formula is C14H23FN2O. The minimum absolute atomic E-state index is 0.00687. The molecule has 0 saturated heterocycles. The topological polar surface area (TPSA) is 34.1 Å². The van der Waals surface area contributed by atoms with Crippen LogP contribution in [0.15, 0.2) is 18.5 Å². The quantitative estimate of drug-likeness (QED) is 0.812. The molecule has 4 heteroatoms. The van der Waals surface area contributed by atoms with Gasteiger partial charge in [-0.2, -0.15) is 0 Å². The number of nitrogens with zero attached hydrogens (tertiary/aromatic N) is 1. The van der Waals surface area contributed by atoms with Crippen LogP contribution >= 0.6 is 0 Å². The maximum Gasteiger partial charge on any atom is 0.146 e. The largest absolute Gasteiger partial charge is 0.379 e. The Morgan fingerprint density at radius 1 is 1.50 bits per heavy atom. The fourth-order valence-electron chi connectivity index (χ4n) is 1.88. The molecule has 3 nitrogen and oxygen atoms in total. The minimum atomic E-state index is -0.251. The number of nitrogens with one attached hydrogen (secondary N) is 1. The first-order valence-electron chi connectivity index (χ1n) is 6.38. The Morgan fingerprint density at radius 2 is 2.22 bits per heavy atom. The zero-order valence-corrected chi connectivity index (χ0v) is 11.7. The van der Waals surface area contributed by atoms with E-state index in [0.29, 0.717) is 5.56 Å². The van der Waals surface area contributed by atoms with Crippen molar-refractivity contribution in [3.63, 3.8) is 0 Å².